The quantitative estimate of drug-likeness (QED) is 0.480. The van der Waals surface area contributed by atoms with Crippen LogP contribution in [0.3, 0.4) is 0 Å². The second-order valence-electron chi connectivity index (χ2n) is 10.9. The summed E-state index contributed by atoms with van der Waals surface area (Å²) in [6, 6.07) is 15.4. The SMILES string of the molecule is COc1cccc2[nH]c(C(=O)N(C)[C@@H](CCC(C)C)C(=O)N3C[C@]4(C[C@H]3C#N)C(=O)Nc3ccccc34)cc12. The molecule has 0 aliphatic carbocycles. The number of aromatic amines is 1. The summed E-state index contributed by atoms with van der Waals surface area (Å²) in [5.41, 5.74) is 1.64. The first-order valence-electron chi connectivity index (χ1n) is 13.2. The fourth-order valence-electron chi connectivity index (χ4n) is 5.90. The number of benzene rings is 2. The Bertz CT molecular complexity index is 1490. The third-order valence-electron chi connectivity index (χ3n) is 8.08. The lowest BCUT2D eigenvalue weighted by Crippen LogP contribution is -2.51. The molecule has 1 saturated heterocycles. The summed E-state index contributed by atoms with van der Waals surface area (Å²) in [4.78, 5) is 47.2. The molecular formula is C30H33N5O4. The maximum atomic E-state index is 14.2. The molecule has 3 aromatic rings. The number of para-hydroxylation sites is 1. The van der Waals surface area contributed by atoms with Crippen molar-refractivity contribution in [2.75, 3.05) is 26.0 Å². The van der Waals surface area contributed by atoms with Crippen LogP contribution in [0.5, 0.6) is 5.75 Å². The van der Waals surface area contributed by atoms with E-state index in [4.69, 9.17) is 4.74 Å². The number of methoxy groups -OCH3 is 1. The van der Waals surface area contributed by atoms with Crippen LogP contribution >= 0.6 is 0 Å². The highest BCUT2D eigenvalue weighted by molar-refractivity contribution is 6.07. The summed E-state index contributed by atoms with van der Waals surface area (Å²) >= 11 is 0. The number of H-pyrrole nitrogens is 1. The molecule has 9 nitrogen and oxygen atoms in total. The summed E-state index contributed by atoms with van der Waals surface area (Å²) in [6.45, 7) is 4.23. The summed E-state index contributed by atoms with van der Waals surface area (Å²) < 4.78 is 5.43. The Morgan fingerprint density at radius 2 is 1.97 bits per heavy atom. The molecule has 2 aliphatic rings. The van der Waals surface area contributed by atoms with Crippen molar-refractivity contribution in [1.82, 2.24) is 14.8 Å². The minimum Gasteiger partial charge on any atom is -0.496 e. The number of ether oxygens (including phenoxy) is 1. The molecule has 1 fully saturated rings. The number of carbonyl (C=O) groups is 3. The fourth-order valence-corrected chi connectivity index (χ4v) is 5.90. The number of nitrogens with one attached hydrogen (secondary N) is 2. The molecule has 2 N–H and O–H groups in total. The van der Waals surface area contributed by atoms with Crippen LogP contribution in [0.25, 0.3) is 10.9 Å². The van der Waals surface area contributed by atoms with Gasteiger partial charge in [-0.1, -0.05) is 38.1 Å². The molecule has 3 heterocycles. The van der Waals surface area contributed by atoms with Gasteiger partial charge in [0.25, 0.3) is 5.91 Å². The van der Waals surface area contributed by atoms with E-state index >= 15 is 0 Å². The lowest BCUT2D eigenvalue weighted by molar-refractivity contribution is -0.136. The van der Waals surface area contributed by atoms with Crippen LogP contribution in [-0.4, -0.2) is 65.3 Å². The van der Waals surface area contributed by atoms with E-state index in [2.05, 4.69) is 30.2 Å². The van der Waals surface area contributed by atoms with Gasteiger partial charge in [0, 0.05) is 36.6 Å². The zero-order chi connectivity index (χ0) is 27.9. The second-order valence-corrected chi connectivity index (χ2v) is 10.9. The number of rotatable bonds is 7. The van der Waals surface area contributed by atoms with Gasteiger partial charge in [-0.2, -0.15) is 5.26 Å². The van der Waals surface area contributed by atoms with Gasteiger partial charge in [-0.05, 0) is 48.6 Å². The number of likely N-dealkylation sites (tertiary alicyclic amines) is 1. The average Bonchev–Trinajstić information content (AvgIpc) is 3.62. The van der Waals surface area contributed by atoms with Crippen LogP contribution in [0.4, 0.5) is 5.69 Å². The predicted octanol–water partition coefficient (Wildman–Crippen LogP) is 4.07. The Hall–Kier alpha value is -4.32. The van der Waals surface area contributed by atoms with Gasteiger partial charge < -0.3 is 24.8 Å². The Labute approximate surface area is 227 Å². The van der Waals surface area contributed by atoms with Crippen LogP contribution < -0.4 is 10.1 Å². The summed E-state index contributed by atoms with van der Waals surface area (Å²) in [5.74, 6) is 0.106. The van der Waals surface area contributed by atoms with E-state index in [0.29, 0.717) is 35.9 Å². The Kier molecular flexibility index (Phi) is 6.81. The standard InChI is InChI=1S/C30H33N5O4/c1-18(2)12-13-25(34(3)27(36)24-14-20-22(32-24)10-7-11-26(20)39-4)28(37)35-17-30(15-19(35)16-31)21-8-5-6-9-23(21)33-29(30)38/h5-11,14,18-19,25,32H,12-13,15,17H2,1-4H3,(H,33,38)/t19-,25-,30-/m0/s1. The number of fused-ring (bicyclic) bond motifs is 3. The van der Waals surface area contributed by atoms with Crippen LogP contribution in [0.2, 0.25) is 0 Å². The Morgan fingerprint density at radius 1 is 1.21 bits per heavy atom. The van der Waals surface area contributed by atoms with E-state index in [1.807, 2.05) is 42.5 Å². The fraction of sp³-hybridized carbons (Fsp3) is 0.400. The molecule has 2 aromatic carbocycles. The average molecular weight is 528 g/mol. The molecule has 202 valence electrons. The normalized spacial score (nSPS) is 20.7. The predicted molar refractivity (Wildman–Crippen MR) is 147 cm³/mol. The van der Waals surface area contributed by atoms with Crippen LogP contribution in [0.15, 0.2) is 48.5 Å². The smallest absolute Gasteiger partial charge is 0.270 e. The highest BCUT2D eigenvalue weighted by Gasteiger charge is 2.56. The molecule has 2 aliphatic heterocycles. The molecule has 3 amide bonds. The molecular weight excluding hydrogens is 494 g/mol. The van der Waals surface area contributed by atoms with Gasteiger partial charge in [0.2, 0.25) is 11.8 Å². The van der Waals surface area contributed by atoms with Crippen molar-refractivity contribution in [2.24, 2.45) is 5.92 Å². The number of anilines is 1. The van der Waals surface area contributed by atoms with Gasteiger partial charge >= 0.3 is 0 Å². The molecule has 5 rings (SSSR count). The molecule has 1 spiro atoms. The Balaban J connectivity index is 1.46. The largest absolute Gasteiger partial charge is 0.496 e. The third kappa shape index (κ3) is 4.40. The van der Waals surface area contributed by atoms with E-state index in [9.17, 15) is 19.6 Å². The first kappa shape index (κ1) is 26.3. The van der Waals surface area contributed by atoms with E-state index in [-0.39, 0.29) is 30.7 Å². The number of amides is 3. The maximum absolute atomic E-state index is 14.2. The number of nitrogens with zero attached hydrogens (tertiary/aromatic N) is 3. The molecule has 0 radical (unpaired) electrons. The zero-order valence-corrected chi connectivity index (χ0v) is 22.7. The molecule has 0 unspecified atom stereocenters. The third-order valence-corrected chi connectivity index (χ3v) is 8.08. The lowest BCUT2D eigenvalue weighted by Gasteiger charge is -2.32. The first-order chi connectivity index (χ1) is 18.7. The second kappa shape index (κ2) is 10.1. The van der Waals surface area contributed by atoms with Crippen molar-refractivity contribution in [3.05, 3.63) is 59.8 Å². The van der Waals surface area contributed by atoms with E-state index in [0.717, 1.165) is 16.5 Å². The summed E-state index contributed by atoms with van der Waals surface area (Å²) in [6.07, 6.45) is 1.37. The topological polar surface area (TPSA) is 119 Å². The van der Waals surface area contributed by atoms with Gasteiger partial charge in [0.05, 0.1) is 18.6 Å². The molecule has 39 heavy (non-hydrogen) atoms. The van der Waals surface area contributed by atoms with Crippen molar-refractivity contribution in [3.8, 4) is 11.8 Å². The van der Waals surface area contributed by atoms with Crippen molar-refractivity contribution in [3.63, 3.8) is 0 Å². The van der Waals surface area contributed by atoms with Gasteiger partial charge in [0.15, 0.2) is 0 Å². The first-order valence-corrected chi connectivity index (χ1v) is 13.2. The van der Waals surface area contributed by atoms with Crippen molar-refractivity contribution < 1.29 is 19.1 Å². The van der Waals surface area contributed by atoms with Crippen molar-refractivity contribution in [2.45, 2.75) is 50.6 Å². The maximum Gasteiger partial charge on any atom is 0.270 e. The summed E-state index contributed by atoms with van der Waals surface area (Å²) in [7, 11) is 3.20. The van der Waals surface area contributed by atoms with E-state index in [1.165, 1.54) is 9.80 Å². The number of aromatic nitrogens is 1. The highest BCUT2D eigenvalue weighted by Crippen LogP contribution is 2.46. The number of likely N-dealkylation sites (N-methyl/N-ethyl adjacent to an activating group) is 1. The van der Waals surface area contributed by atoms with Crippen LogP contribution in [0.1, 0.15) is 49.2 Å². The Morgan fingerprint density at radius 3 is 2.69 bits per heavy atom. The van der Waals surface area contributed by atoms with Crippen LogP contribution in [0, 0.1) is 17.2 Å². The van der Waals surface area contributed by atoms with Gasteiger partial charge in [-0.15, -0.1) is 0 Å². The number of nitriles is 1. The molecule has 3 atom stereocenters. The number of hydrogen-bond acceptors (Lipinski definition) is 5. The zero-order valence-electron chi connectivity index (χ0n) is 22.7. The molecule has 1 aromatic heterocycles. The molecule has 0 bridgehead atoms. The monoisotopic (exact) mass is 527 g/mol. The molecule has 0 saturated carbocycles. The minimum absolute atomic E-state index is 0.0940. The van der Waals surface area contributed by atoms with Crippen molar-refractivity contribution in [1.29, 1.82) is 5.26 Å². The number of carbonyl (C=O) groups excluding carboxylic acids is 3. The van der Waals surface area contributed by atoms with Gasteiger partial charge in [-0.3, -0.25) is 14.4 Å². The van der Waals surface area contributed by atoms with Gasteiger partial charge in [0.1, 0.15) is 23.5 Å². The number of hydrogen-bond donors (Lipinski definition) is 2. The minimum atomic E-state index is -0.981. The van der Waals surface area contributed by atoms with Crippen LogP contribution in [-0.2, 0) is 15.0 Å². The van der Waals surface area contributed by atoms with E-state index in [1.54, 1.807) is 20.2 Å². The lowest BCUT2D eigenvalue weighted by atomic mass is 9.80. The highest BCUT2D eigenvalue weighted by atomic mass is 16.5. The summed E-state index contributed by atoms with van der Waals surface area (Å²) in [5, 5.41) is 13.7. The molecule has 9 heteroatoms. The van der Waals surface area contributed by atoms with E-state index < -0.39 is 17.5 Å². The van der Waals surface area contributed by atoms with Gasteiger partial charge in [-0.25, -0.2) is 0 Å². The van der Waals surface area contributed by atoms with Crippen molar-refractivity contribution >= 4 is 34.3 Å².